The highest BCUT2D eigenvalue weighted by Gasteiger charge is 2.41. The summed E-state index contributed by atoms with van der Waals surface area (Å²) in [5.74, 6) is -4.16. The van der Waals surface area contributed by atoms with Gasteiger partial charge in [-0.3, -0.25) is 4.18 Å². The van der Waals surface area contributed by atoms with Crippen LogP contribution in [0.2, 0.25) is 0 Å². The monoisotopic (exact) mass is 214 g/mol. The fourth-order valence-corrected chi connectivity index (χ4v) is 0.535. The molecule has 8 heteroatoms. The van der Waals surface area contributed by atoms with Crippen molar-refractivity contribution in [2.75, 3.05) is 6.61 Å². The SMILES string of the molecule is FC(F)C(F)(F)COSOCl. The maximum atomic E-state index is 11.9. The van der Waals surface area contributed by atoms with Gasteiger partial charge >= 0.3 is 12.3 Å². The average molecular weight is 215 g/mol. The van der Waals surface area contributed by atoms with Gasteiger partial charge in [0.2, 0.25) is 0 Å². The highest BCUT2D eigenvalue weighted by molar-refractivity contribution is 7.90. The highest BCUT2D eigenvalue weighted by Crippen LogP contribution is 2.24. The van der Waals surface area contributed by atoms with Crippen LogP contribution in [0.1, 0.15) is 0 Å². The fourth-order valence-electron chi connectivity index (χ4n) is 0.184. The molecule has 0 unspecified atom stereocenters. The molecule has 0 aromatic rings. The molecule has 0 aliphatic carbocycles. The molecule has 0 amide bonds. The van der Waals surface area contributed by atoms with Crippen molar-refractivity contribution in [2.45, 2.75) is 12.3 Å². The third kappa shape index (κ3) is 4.67. The lowest BCUT2D eigenvalue weighted by atomic mass is 10.4. The lowest BCUT2D eigenvalue weighted by Crippen LogP contribution is -2.31. The lowest BCUT2D eigenvalue weighted by Gasteiger charge is -2.12. The molecule has 0 aliphatic heterocycles. The normalized spacial score (nSPS) is 12.5. The van der Waals surface area contributed by atoms with Gasteiger partial charge in [-0.1, -0.05) is 0 Å². The highest BCUT2D eigenvalue weighted by atomic mass is 35.5. The Hall–Kier alpha value is 0.280. The summed E-state index contributed by atoms with van der Waals surface area (Å²) in [4.78, 5) is 0. The van der Waals surface area contributed by atoms with Crippen LogP contribution in [0.15, 0.2) is 0 Å². The third-order valence-corrected chi connectivity index (χ3v) is 1.06. The molecule has 0 fully saturated rings. The van der Waals surface area contributed by atoms with Crippen molar-refractivity contribution in [1.29, 1.82) is 0 Å². The molecular formula is C3H3ClF4O2S. The minimum absolute atomic E-state index is 0.00448. The first-order chi connectivity index (χ1) is 5.00. The van der Waals surface area contributed by atoms with Gasteiger partial charge in [0.1, 0.15) is 6.61 Å². The van der Waals surface area contributed by atoms with Crippen LogP contribution in [-0.2, 0) is 7.92 Å². The van der Waals surface area contributed by atoms with E-state index in [2.05, 4.69) is 19.8 Å². The van der Waals surface area contributed by atoms with Gasteiger partial charge in [-0.15, -0.1) is 0 Å². The molecule has 0 aromatic heterocycles. The van der Waals surface area contributed by atoms with Crippen molar-refractivity contribution in [3.05, 3.63) is 0 Å². The maximum Gasteiger partial charge on any atom is 0.331 e. The standard InChI is InChI=1S/C3H3ClF4O2S/c4-10-11-9-1-3(7,8)2(5)6/h2H,1H2. The Labute approximate surface area is 69.4 Å². The Morgan fingerprint density at radius 2 is 2.00 bits per heavy atom. The van der Waals surface area contributed by atoms with Crippen molar-refractivity contribution in [3.8, 4) is 0 Å². The number of hydrogen-bond acceptors (Lipinski definition) is 3. The molecule has 0 radical (unpaired) electrons. The fraction of sp³-hybridized carbons (Fsp3) is 1.00. The number of alkyl halides is 4. The smallest absolute Gasteiger partial charge is 0.284 e. The molecule has 0 heterocycles. The van der Waals surface area contributed by atoms with E-state index in [9.17, 15) is 17.6 Å². The van der Waals surface area contributed by atoms with Crippen LogP contribution in [0.25, 0.3) is 0 Å². The minimum atomic E-state index is -4.16. The summed E-state index contributed by atoms with van der Waals surface area (Å²) in [5.41, 5.74) is 0. The van der Waals surface area contributed by atoms with Gasteiger partial charge in [0.15, 0.2) is 12.3 Å². The summed E-state index contributed by atoms with van der Waals surface area (Å²) in [6, 6.07) is 0. The molecule has 0 aliphatic rings. The van der Waals surface area contributed by atoms with Crippen molar-refractivity contribution >= 4 is 24.2 Å². The average Bonchev–Trinajstić information content (AvgIpc) is 1.88. The van der Waals surface area contributed by atoms with E-state index in [-0.39, 0.29) is 12.3 Å². The maximum absolute atomic E-state index is 11.9. The number of rotatable bonds is 5. The first-order valence-electron chi connectivity index (χ1n) is 2.23. The van der Waals surface area contributed by atoms with Gasteiger partial charge in [0, 0.05) is 0 Å². The minimum Gasteiger partial charge on any atom is -0.284 e. The van der Waals surface area contributed by atoms with Crippen LogP contribution in [0.4, 0.5) is 17.6 Å². The summed E-state index contributed by atoms with van der Waals surface area (Å²) >= 11 is 4.52. The lowest BCUT2D eigenvalue weighted by molar-refractivity contribution is -0.146. The number of hydrogen-bond donors (Lipinski definition) is 0. The predicted molar refractivity (Wildman–Crippen MR) is 31.4 cm³/mol. The van der Waals surface area contributed by atoms with Crippen molar-refractivity contribution in [2.24, 2.45) is 0 Å². The Balaban J connectivity index is 3.55. The molecule has 0 bridgehead atoms. The zero-order valence-electron chi connectivity index (χ0n) is 4.90. The molecule has 68 valence electrons. The Kier molecular flexibility index (Phi) is 5.15. The molecule has 0 saturated heterocycles. The molecule has 0 spiro atoms. The third-order valence-electron chi connectivity index (χ3n) is 0.644. The summed E-state index contributed by atoms with van der Waals surface area (Å²) in [5, 5.41) is 0. The van der Waals surface area contributed by atoms with E-state index in [1.54, 1.807) is 0 Å². The summed E-state index contributed by atoms with van der Waals surface area (Å²) in [7, 11) is 0. The molecule has 0 aromatic carbocycles. The topological polar surface area (TPSA) is 18.5 Å². The second kappa shape index (κ2) is 5.02. The van der Waals surface area contributed by atoms with Crippen molar-refractivity contribution in [1.82, 2.24) is 0 Å². The van der Waals surface area contributed by atoms with E-state index >= 15 is 0 Å². The number of halogens is 5. The van der Waals surface area contributed by atoms with Gasteiger partial charge in [-0.05, 0) is 0 Å². The van der Waals surface area contributed by atoms with Crippen LogP contribution in [0.3, 0.4) is 0 Å². The zero-order chi connectivity index (χ0) is 8.91. The Morgan fingerprint density at radius 1 is 1.45 bits per heavy atom. The van der Waals surface area contributed by atoms with Crippen LogP contribution in [-0.4, -0.2) is 19.0 Å². The van der Waals surface area contributed by atoms with Gasteiger partial charge < -0.3 is 0 Å². The van der Waals surface area contributed by atoms with Crippen molar-refractivity contribution < 1.29 is 25.5 Å². The van der Waals surface area contributed by atoms with Gasteiger partial charge in [0.05, 0.1) is 11.9 Å². The second-order valence-electron chi connectivity index (χ2n) is 1.45. The van der Waals surface area contributed by atoms with Gasteiger partial charge in [-0.25, -0.2) is 8.78 Å². The molecular weight excluding hydrogens is 212 g/mol. The van der Waals surface area contributed by atoms with E-state index in [4.69, 9.17) is 0 Å². The van der Waals surface area contributed by atoms with E-state index in [0.717, 1.165) is 0 Å². The van der Waals surface area contributed by atoms with Crippen LogP contribution in [0.5, 0.6) is 0 Å². The zero-order valence-corrected chi connectivity index (χ0v) is 6.47. The molecule has 0 rings (SSSR count). The summed E-state index contributed by atoms with van der Waals surface area (Å²) < 4.78 is 53.9. The quantitative estimate of drug-likeness (QED) is 0.398. The first-order valence-corrected chi connectivity index (χ1v) is 3.21. The Morgan fingerprint density at radius 3 is 2.36 bits per heavy atom. The van der Waals surface area contributed by atoms with Gasteiger partial charge in [0.25, 0.3) is 0 Å². The Bertz CT molecular complexity index is 114. The largest absolute Gasteiger partial charge is 0.331 e. The molecule has 11 heavy (non-hydrogen) atoms. The van der Waals surface area contributed by atoms with E-state index < -0.39 is 19.0 Å². The van der Waals surface area contributed by atoms with E-state index in [0.29, 0.717) is 0 Å². The molecule has 0 saturated carbocycles. The summed E-state index contributed by atoms with van der Waals surface area (Å²) in [6.45, 7) is -1.44. The van der Waals surface area contributed by atoms with Crippen LogP contribution in [0, 0.1) is 0 Å². The van der Waals surface area contributed by atoms with Gasteiger partial charge in [-0.2, -0.15) is 12.5 Å². The predicted octanol–water partition coefficient (Wildman–Crippen LogP) is 2.64. The van der Waals surface area contributed by atoms with E-state index in [1.807, 2.05) is 0 Å². The molecule has 0 atom stereocenters. The molecule has 2 nitrogen and oxygen atoms in total. The van der Waals surface area contributed by atoms with E-state index in [1.165, 1.54) is 0 Å². The first kappa shape index (κ1) is 11.3. The summed E-state index contributed by atoms with van der Waals surface area (Å²) in [6.07, 6.45) is -3.75. The second-order valence-corrected chi connectivity index (χ2v) is 2.33. The van der Waals surface area contributed by atoms with Crippen LogP contribution >= 0.6 is 24.2 Å². The molecule has 0 N–H and O–H groups in total. The van der Waals surface area contributed by atoms with Crippen LogP contribution < -0.4 is 0 Å². The van der Waals surface area contributed by atoms with Crippen molar-refractivity contribution in [3.63, 3.8) is 0 Å².